The van der Waals surface area contributed by atoms with Crippen LogP contribution in [-0.4, -0.2) is 68.1 Å². The number of likely N-dealkylation sites (N-methyl/N-ethyl adjacent to an activating group) is 1. The number of hydrogen-bond donors (Lipinski definition) is 0. The van der Waals surface area contributed by atoms with Gasteiger partial charge in [0.15, 0.2) is 0 Å². The summed E-state index contributed by atoms with van der Waals surface area (Å²) < 4.78 is 5.23. The predicted octanol–water partition coefficient (Wildman–Crippen LogP) is 3.00. The summed E-state index contributed by atoms with van der Waals surface area (Å²) >= 11 is 0. The van der Waals surface area contributed by atoms with Gasteiger partial charge in [-0.3, -0.25) is 9.69 Å². The Bertz CT molecular complexity index is 575. The Hall–Kier alpha value is -1.75. The minimum atomic E-state index is -0.0278. The number of ether oxygens (including phenoxy) is 1. The fourth-order valence-electron chi connectivity index (χ4n) is 4.26. The Balaban J connectivity index is 1.52. The first kappa shape index (κ1) is 19.0. The molecule has 3 rings (SSSR count). The molecular weight excluding hydrogens is 326 g/mol. The van der Waals surface area contributed by atoms with Gasteiger partial charge in [-0.05, 0) is 44.0 Å². The van der Waals surface area contributed by atoms with Crippen molar-refractivity contribution < 1.29 is 9.53 Å². The van der Waals surface area contributed by atoms with E-state index < -0.39 is 0 Å². The van der Waals surface area contributed by atoms with Crippen molar-refractivity contribution in [2.75, 3.05) is 45.2 Å². The van der Waals surface area contributed by atoms with Crippen LogP contribution in [0.25, 0.3) is 0 Å². The summed E-state index contributed by atoms with van der Waals surface area (Å²) in [5.41, 5.74) is 1.23. The molecule has 1 aliphatic heterocycles. The van der Waals surface area contributed by atoms with Gasteiger partial charge in [-0.2, -0.15) is 0 Å². The van der Waals surface area contributed by atoms with E-state index in [2.05, 4.69) is 28.9 Å². The SMILES string of the molecule is COc1ccc(N2CCN([C@H](C)C(=O)N(C)C3CCCCC3)CC2)cc1. The first-order valence-corrected chi connectivity index (χ1v) is 10.00. The second kappa shape index (κ2) is 8.76. The van der Waals surface area contributed by atoms with Crippen molar-refractivity contribution in [3.63, 3.8) is 0 Å². The van der Waals surface area contributed by atoms with Crippen LogP contribution in [0.1, 0.15) is 39.0 Å². The highest BCUT2D eigenvalue weighted by Gasteiger charge is 2.30. The molecular formula is C21H33N3O2. The Morgan fingerprint density at radius 3 is 2.27 bits per heavy atom. The Kier molecular flexibility index (Phi) is 6.41. The van der Waals surface area contributed by atoms with Gasteiger partial charge in [0.05, 0.1) is 13.2 Å². The average Bonchev–Trinajstić information content (AvgIpc) is 2.73. The zero-order valence-corrected chi connectivity index (χ0v) is 16.5. The number of benzene rings is 1. The quantitative estimate of drug-likeness (QED) is 0.810. The molecule has 1 amide bonds. The number of carbonyl (C=O) groups is 1. The van der Waals surface area contributed by atoms with Crippen LogP contribution in [0.15, 0.2) is 24.3 Å². The molecule has 1 aromatic rings. The molecule has 1 saturated carbocycles. The first-order valence-electron chi connectivity index (χ1n) is 10.00. The highest BCUT2D eigenvalue weighted by atomic mass is 16.5. The molecule has 0 aromatic heterocycles. The van der Waals surface area contributed by atoms with Gasteiger partial charge in [0, 0.05) is 45.0 Å². The molecule has 5 heteroatoms. The average molecular weight is 360 g/mol. The van der Waals surface area contributed by atoms with E-state index in [1.54, 1.807) is 7.11 Å². The molecule has 1 saturated heterocycles. The van der Waals surface area contributed by atoms with Crippen LogP contribution in [0.2, 0.25) is 0 Å². The molecule has 0 N–H and O–H groups in total. The maximum atomic E-state index is 12.9. The van der Waals surface area contributed by atoms with Crippen LogP contribution in [0, 0.1) is 0 Å². The van der Waals surface area contributed by atoms with Crippen LogP contribution < -0.4 is 9.64 Å². The van der Waals surface area contributed by atoms with Crippen molar-refractivity contribution in [3.8, 4) is 5.75 Å². The maximum absolute atomic E-state index is 12.9. The summed E-state index contributed by atoms with van der Waals surface area (Å²) in [5, 5.41) is 0. The van der Waals surface area contributed by atoms with Gasteiger partial charge in [0.2, 0.25) is 5.91 Å². The third-order valence-electron chi connectivity index (χ3n) is 6.13. The smallest absolute Gasteiger partial charge is 0.239 e. The van der Waals surface area contributed by atoms with E-state index in [9.17, 15) is 4.79 Å². The largest absolute Gasteiger partial charge is 0.497 e. The molecule has 0 radical (unpaired) electrons. The number of hydrogen-bond acceptors (Lipinski definition) is 4. The maximum Gasteiger partial charge on any atom is 0.239 e. The monoisotopic (exact) mass is 359 g/mol. The summed E-state index contributed by atoms with van der Waals surface area (Å²) in [4.78, 5) is 19.7. The fourth-order valence-corrected chi connectivity index (χ4v) is 4.26. The van der Waals surface area contributed by atoms with Gasteiger partial charge in [0.25, 0.3) is 0 Å². The summed E-state index contributed by atoms with van der Waals surface area (Å²) in [5.74, 6) is 1.17. The number of anilines is 1. The van der Waals surface area contributed by atoms with Crippen LogP contribution >= 0.6 is 0 Å². The zero-order chi connectivity index (χ0) is 18.5. The third-order valence-corrected chi connectivity index (χ3v) is 6.13. The lowest BCUT2D eigenvalue weighted by atomic mass is 9.94. The van der Waals surface area contributed by atoms with Gasteiger partial charge in [0.1, 0.15) is 5.75 Å². The van der Waals surface area contributed by atoms with Crippen molar-refractivity contribution >= 4 is 11.6 Å². The zero-order valence-electron chi connectivity index (χ0n) is 16.5. The second-order valence-electron chi connectivity index (χ2n) is 7.64. The molecule has 0 unspecified atom stereocenters. The van der Waals surface area contributed by atoms with Gasteiger partial charge in [-0.1, -0.05) is 19.3 Å². The van der Waals surface area contributed by atoms with Gasteiger partial charge >= 0.3 is 0 Å². The number of carbonyl (C=O) groups excluding carboxylic acids is 1. The van der Waals surface area contributed by atoms with E-state index in [0.29, 0.717) is 6.04 Å². The predicted molar refractivity (Wildman–Crippen MR) is 106 cm³/mol. The summed E-state index contributed by atoms with van der Waals surface area (Å²) in [6.45, 7) is 5.84. The molecule has 1 aromatic carbocycles. The highest BCUT2D eigenvalue weighted by molar-refractivity contribution is 5.81. The molecule has 1 heterocycles. The van der Waals surface area contributed by atoms with Crippen molar-refractivity contribution in [1.29, 1.82) is 0 Å². The molecule has 144 valence electrons. The van der Waals surface area contributed by atoms with Gasteiger partial charge in [-0.15, -0.1) is 0 Å². The third kappa shape index (κ3) is 4.32. The van der Waals surface area contributed by atoms with Crippen molar-refractivity contribution in [1.82, 2.24) is 9.80 Å². The molecule has 2 aliphatic rings. The topological polar surface area (TPSA) is 36.0 Å². The molecule has 2 fully saturated rings. The lowest BCUT2D eigenvalue weighted by molar-refractivity contribution is -0.138. The Morgan fingerprint density at radius 2 is 1.69 bits per heavy atom. The Morgan fingerprint density at radius 1 is 1.08 bits per heavy atom. The molecule has 0 bridgehead atoms. The standard InChI is InChI=1S/C21H33N3O2/c1-17(21(25)22(2)18-7-5-4-6-8-18)23-13-15-24(16-14-23)19-9-11-20(26-3)12-10-19/h9-12,17-18H,4-8,13-16H2,1-3H3/t17-/m1/s1. The highest BCUT2D eigenvalue weighted by Crippen LogP contribution is 2.24. The van der Waals surface area contributed by atoms with Crippen LogP contribution in [0.4, 0.5) is 5.69 Å². The molecule has 5 nitrogen and oxygen atoms in total. The van der Waals surface area contributed by atoms with Gasteiger partial charge in [-0.25, -0.2) is 0 Å². The molecule has 1 aliphatic carbocycles. The number of nitrogens with zero attached hydrogens (tertiary/aromatic N) is 3. The minimum absolute atomic E-state index is 0.0278. The van der Waals surface area contributed by atoms with Crippen LogP contribution in [0.3, 0.4) is 0 Å². The molecule has 0 spiro atoms. The number of methoxy groups -OCH3 is 1. The van der Waals surface area contributed by atoms with E-state index in [4.69, 9.17) is 4.74 Å². The Labute approximate surface area is 157 Å². The van der Waals surface area contributed by atoms with E-state index in [1.165, 1.54) is 37.8 Å². The summed E-state index contributed by atoms with van der Waals surface area (Å²) in [6, 6.07) is 8.65. The summed E-state index contributed by atoms with van der Waals surface area (Å²) in [6.07, 6.45) is 6.18. The van der Waals surface area contributed by atoms with Gasteiger partial charge < -0.3 is 14.5 Å². The van der Waals surface area contributed by atoms with E-state index >= 15 is 0 Å². The van der Waals surface area contributed by atoms with E-state index in [1.807, 2.05) is 24.1 Å². The van der Waals surface area contributed by atoms with Crippen LogP contribution in [0.5, 0.6) is 5.75 Å². The lowest BCUT2D eigenvalue weighted by Gasteiger charge is -2.41. The normalized spacial score (nSPS) is 20.7. The fraction of sp³-hybridized carbons (Fsp3) is 0.667. The van der Waals surface area contributed by atoms with Crippen molar-refractivity contribution in [3.05, 3.63) is 24.3 Å². The molecule has 26 heavy (non-hydrogen) atoms. The first-order chi connectivity index (χ1) is 12.6. The lowest BCUT2D eigenvalue weighted by Crippen LogP contribution is -2.55. The van der Waals surface area contributed by atoms with Crippen molar-refractivity contribution in [2.24, 2.45) is 0 Å². The van der Waals surface area contributed by atoms with E-state index in [-0.39, 0.29) is 11.9 Å². The molecule has 1 atom stereocenters. The van der Waals surface area contributed by atoms with Crippen molar-refractivity contribution in [2.45, 2.75) is 51.1 Å². The van der Waals surface area contributed by atoms with Crippen LogP contribution in [-0.2, 0) is 4.79 Å². The number of amides is 1. The minimum Gasteiger partial charge on any atom is -0.497 e. The summed E-state index contributed by atoms with van der Waals surface area (Å²) in [7, 11) is 3.69. The number of piperazine rings is 1. The number of rotatable bonds is 5. The second-order valence-corrected chi connectivity index (χ2v) is 7.64. The van der Waals surface area contributed by atoms with E-state index in [0.717, 1.165) is 31.9 Å².